The van der Waals surface area contributed by atoms with Crippen LogP contribution in [-0.4, -0.2) is 52.1 Å². The predicted molar refractivity (Wildman–Crippen MR) is 124 cm³/mol. The molecule has 2 fully saturated rings. The Morgan fingerprint density at radius 1 is 1.21 bits per heavy atom. The Morgan fingerprint density at radius 3 is 2.76 bits per heavy atom. The molecule has 34 heavy (non-hydrogen) atoms. The van der Waals surface area contributed by atoms with Gasteiger partial charge in [0, 0.05) is 35.9 Å². The molecule has 1 saturated heterocycles. The van der Waals surface area contributed by atoms with Crippen LogP contribution in [0.25, 0.3) is 11.1 Å². The van der Waals surface area contributed by atoms with Crippen LogP contribution in [0.2, 0.25) is 0 Å². The normalized spacial score (nSPS) is 17.4. The van der Waals surface area contributed by atoms with Gasteiger partial charge in [0.05, 0.1) is 37.3 Å². The van der Waals surface area contributed by atoms with Crippen LogP contribution < -0.4 is 21.1 Å². The molecule has 0 bridgehead atoms. The second-order valence-electron chi connectivity index (χ2n) is 8.36. The summed E-state index contributed by atoms with van der Waals surface area (Å²) in [6.07, 6.45) is 6.39. The summed E-state index contributed by atoms with van der Waals surface area (Å²) in [6, 6.07) is 7.36. The van der Waals surface area contributed by atoms with E-state index in [4.69, 9.17) is 15.2 Å². The van der Waals surface area contributed by atoms with Gasteiger partial charge < -0.3 is 25.8 Å². The van der Waals surface area contributed by atoms with Crippen molar-refractivity contribution in [2.45, 2.75) is 25.3 Å². The van der Waals surface area contributed by atoms with E-state index in [0.717, 1.165) is 37.0 Å². The van der Waals surface area contributed by atoms with Gasteiger partial charge in [-0.3, -0.25) is 14.3 Å². The van der Waals surface area contributed by atoms with Crippen molar-refractivity contribution in [3.05, 3.63) is 42.4 Å². The lowest BCUT2D eigenvalue weighted by Gasteiger charge is -2.16. The number of amides is 2. The topological polar surface area (TPSA) is 146 Å². The minimum absolute atomic E-state index is 0.00233. The summed E-state index contributed by atoms with van der Waals surface area (Å²) in [6.45, 7) is 1.37. The van der Waals surface area contributed by atoms with Crippen molar-refractivity contribution in [3.63, 3.8) is 0 Å². The molecule has 1 saturated carbocycles. The van der Waals surface area contributed by atoms with Gasteiger partial charge in [0.1, 0.15) is 5.75 Å². The molecule has 5 rings (SSSR count). The molecule has 11 heteroatoms. The van der Waals surface area contributed by atoms with E-state index in [9.17, 15) is 9.59 Å². The molecule has 2 aromatic heterocycles. The predicted octanol–water partition coefficient (Wildman–Crippen LogP) is 2.50. The molecule has 3 aromatic rings. The minimum atomic E-state index is -0.745. The molecule has 3 heterocycles. The first-order valence-corrected chi connectivity index (χ1v) is 11.1. The van der Waals surface area contributed by atoms with Crippen LogP contribution in [0.4, 0.5) is 17.2 Å². The summed E-state index contributed by atoms with van der Waals surface area (Å²) < 4.78 is 13.1. The maximum atomic E-state index is 12.1. The minimum Gasteiger partial charge on any atom is -0.494 e. The molecule has 11 nitrogen and oxygen atoms in total. The summed E-state index contributed by atoms with van der Waals surface area (Å²) in [5.41, 5.74) is 8.06. The largest absolute Gasteiger partial charge is 0.494 e. The molecule has 176 valence electrons. The van der Waals surface area contributed by atoms with E-state index in [0.29, 0.717) is 23.7 Å². The van der Waals surface area contributed by atoms with Crippen molar-refractivity contribution in [3.8, 4) is 16.9 Å². The number of para-hydroxylation sites is 1. The standard InChI is InChI=1S/C23H25N7O4/c1-33-21-16(14-10-25-30(11-14)15-7-8-34-12-15)3-2-4-17(21)26-18-9-19(27-23(32)13-5-6-13)28-29-20(18)22(24)31/h2-4,9-11,13,15H,5-8,12H2,1H3,(H2,24,31)(H2,26,27,28,32). The summed E-state index contributed by atoms with van der Waals surface area (Å²) in [5, 5.41) is 18.3. The molecule has 2 amide bonds. The fourth-order valence-corrected chi connectivity index (χ4v) is 3.94. The van der Waals surface area contributed by atoms with Crippen LogP contribution in [0.5, 0.6) is 5.75 Å². The average molecular weight is 463 g/mol. The van der Waals surface area contributed by atoms with Gasteiger partial charge in [0.15, 0.2) is 11.5 Å². The highest BCUT2D eigenvalue weighted by molar-refractivity contribution is 5.99. The first kappa shape index (κ1) is 21.8. The van der Waals surface area contributed by atoms with Gasteiger partial charge in [0.25, 0.3) is 5.91 Å². The quantitative estimate of drug-likeness (QED) is 0.462. The zero-order chi connectivity index (χ0) is 23.7. The van der Waals surface area contributed by atoms with Gasteiger partial charge in [-0.25, -0.2) is 0 Å². The number of rotatable bonds is 8. The van der Waals surface area contributed by atoms with Gasteiger partial charge in [-0.1, -0.05) is 12.1 Å². The third-order valence-corrected chi connectivity index (χ3v) is 5.91. The molecule has 0 spiro atoms. The molecule has 1 atom stereocenters. The number of carbonyl (C=O) groups excluding carboxylic acids is 2. The number of anilines is 3. The van der Waals surface area contributed by atoms with Crippen LogP contribution in [0.1, 0.15) is 35.8 Å². The van der Waals surface area contributed by atoms with Crippen LogP contribution in [-0.2, 0) is 9.53 Å². The van der Waals surface area contributed by atoms with Crippen molar-refractivity contribution in [2.24, 2.45) is 11.7 Å². The Hall–Kier alpha value is -3.99. The van der Waals surface area contributed by atoms with Crippen LogP contribution >= 0.6 is 0 Å². The summed E-state index contributed by atoms with van der Waals surface area (Å²) >= 11 is 0. The van der Waals surface area contributed by atoms with Crippen molar-refractivity contribution >= 4 is 29.0 Å². The zero-order valence-electron chi connectivity index (χ0n) is 18.7. The summed E-state index contributed by atoms with van der Waals surface area (Å²) in [4.78, 5) is 24.1. The van der Waals surface area contributed by atoms with E-state index in [1.54, 1.807) is 13.3 Å². The van der Waals surface area contributed by atoms with Crippen LogP contribution in [0.3, 0.4) is 0 Å². The number of benzene rings is 1. The van der Waals surface area contributed by atoms with E-state index >= 15 is 0 Å². The zero-order valence-corrected chi connectivity index (χ0v) is 18.7. The highest BCUT2D eigenvalue weighted by Crippen LogP contribution is 2.39. The Labute approximate surface area is 195 Å². The van der Waals surface area contributed by atoms with Crippen molar-refractivity contribution in [1.82, 2.24) is 20.0 Å². The van der Waals surface area contributed by atoms with E-state index in [1.807, 2.05) is 29.1 Å². The Kier molecular flexibility index (Phi) is 5.84. The van der Waals surface area contributed by atoms with Gasteiger partial charge in [-0.05, 0) is 25.3 Å². The number of nitrogens with two attached hydrogens (primary N) is 1. The molecule has 1 aliphatic carbocycles. The van der Waals surface area contributed by atoms with Gasteiger partial charge in [-0.15, -0.1) is 10.2 Å². The lowest BCUT2D eigenvalue weighted by atomic mass is 10.1. The van der Waals surface area contributed by atoms with Crippen molar-refractivity contribution < 1.29 is 19.1 Å². The lowest BCUT2D eigenvalue weighted by Crippen LogP contribution is -2.19. The third-order valence-electron chi connectivity index (χ3n) is 5.91. The fourth-order valence-electron chi connectivity index (χ4n) is 3.94. The molecule has 1 unspecified atom stereocenters. The average Bonchev–Trinajstić information content (AvgIpc) is 3.32. The Morgan fingerprint density at radius 2 is 2.06 bits per heavy atom. The molecule has 0 radical (unpaired) electrons. The highest BCUT2D eigenvalue weighted by atomic mass is 16.5. The Bertz CT molecular complexity index is 1230. The number of ether oxygens (including phenoxy) is 2. The number of carbonyl (C=O) groups is 2. The number of methoxy groups -OCH3 is 1. The summed E-state index contributed by atoms with van der Waals surface area (Å²) in [7, 11) is 1.57. The second-order valence-corrected chi connectivity index (χ2v) is 8.36. The Balaban J connectivity index is 1.46. The molecular formula is C23H25N7O4. The second kappa shape index (κ2) is 9.10. The van der Waals surface area contributed by atoms with Crippen molar-refractivity contribution in [2.75, 3.05) is 31.0 Å². The highest BCUT2D eigenvalue weighted by Gasteiger charge is 2.30. The van der Waals surface area contributed by atoms with Crippen LogP contribution in [0.15, 0.2) is 36.7 Å². The van der Waals surface area contributed by atoms with Gasteiger partial charge in [0.2, 0.25) is 5.91 Å². The summed E-state index contributed by atoms with van der Waals surface area (Å²) in [5.74, 6) is -0.0656. The monoisotopic (exact) mass is 463 g/mol. The number of primary amides is 1. The van der Waals surface area contributed by atoms with Crippen LogP contribution in [0, 0.1) is 5.92 Å². The van der Waals surface area contributed by atoms with Crippen molar-refractivity contribution in [1.29, 1.82) is 0 Å². The fraction of sp³-hybridized carbons (Fsp3) is 0.348. The lowest BCUT2D eigenvalue weighted by molar-refractivity contribution is -0.117. The molecule has 1 aliphatic heterocycles. The smallest absolute Gasteiger partial charge is 0.271 e. The van der Waals surface area contributed by atoms with Gasteiger partial charge >= 0.3 is 0 Å². The van der Waals surface area contributed by atoms with E-state index < -0.39 is 5.91 Å². The first-order valence-electron chi connectivity index (χ1n) is 11.1. The van der Waals surface area contributed by atoms with Gasteiger partial charge in [-0.2, -0.15) is 5.10 Å². The number of hydrogen-bond donors (Lipinski definition) is 3. The number of nitrogens with one attached hydrogen (secondary N) is 2. The number of nitrogens with zero attached hydrogens (tertiary/aromatic N) is 4. The van der Waals surface area contributed by atoms with E-state index in [-0.39, 0.29) is 29.4 Å². The first-order chi connectivity index (χ1) is 16.5. The SMILES string of the molecule is COc1c(Nc2cc(NC(=O)C3CC3)nnc2C(N)=O)cccc1-c1cnn(C2CCOC2)c1. The maximum absolute atomic E-state index is 12.1. The van der Waals surface area contributed by atoms with E-state index in [1.165, 1.54) is 6.07 Å². The molecule has 4 N–H and O–H groups in total. The molecule has 2 aliphatic rings. The molecular weight excluding hydrogens is 438 g/mol. The maximum Gasteiger partial charge on any atom is 0.271 e. The third kappa shape index (κ3) is 4.42. The molecule has 1 aromatic carbocycles. The van der Waals surface area contributed by atoms with E-state index in [2.05, 4.69) is 25.9 Å². The number of hydrogen-bond acceptors (Lipinski definition) is 8. The number of aromatic nitrogens is 4.